The Bertz CT molecular complexity index is 527. The molecule has 0 saturated carbocycles. The van der Waals surface area contributed by atoms with Gasteiger partial charge in [-0.2, -0.15) is 0 Å². The van der Waals surface area contributed by atoms with Crippen LogP contribution in [0.5, 0.6) is 11.5 Å². The molecule has 0 bridgehead atoms. The number of phenolic OH excluding ortho intramolecular Hbond substituents is 2. The highest BCUT2D eigenvalue weighted by Crippen LogP contribution is 2.50. The van der Waals surface area contributed by atoms with E-state index in [4.69, 9.17) is 0 Å². The molecule has 0 amide bonds. The lowest BCUT2D eigenvalue weighted by Crippen LogP contribution is -2.26. The summed E-state index contributed by atoms with van der Waals surface area (Å²) < 4.78 is 0. The fourth-order valence-electron chi connectivity index (χ4n) is 2.16. The van der Waals surface area contributed by atoms with E-state index in [-0.39, 0.29) is 5.16 Å². The standard InChI is InChI=1S/C16H19O2P/c1-16(2,3)19(14-10-6-4-8-12(14)17)15-11-7-5-9-13(15)18/h4-11,17-18H,1-3H3. The van der Waals surface area contributed by atoms with Crippen molar-refractivity contribution >= 4 is 18.5 Å². The van der Waals surface area contributed by atoms with Crippen molar-refractivity contribution in [3.05, 3.63) is 48.5 Å². The molecule has 100 valence electrons. The SMILES string of the molecule is CC(C)(C)P(c1ccccc1O)c1ccccc1O. The van der Waals surface area contributed by atoms with E-state index in [0.717, 1.165) is 10.6 Å². The molecule has 0 fully saturated rings. The zero-order valence-corrected chi connectivity index (χ0v) is 12.4. The van der Waals surface area contributed by atoms with Crippen molar-refractivity contribution in [2.24, 2.45) is 0 Å². The van der Waals surface area contributed by atoms with Gasteiger partial charge in [0.1, 0.15) is 11.5 Å². The average molecular weight is 274 g/mol. The van der Waals surface area contributed by atoms with Crippen LogP contribution in [0, 0.1) is 0 Å². The molecule has 0 aliphatic carbocycles. The maximum absolute atomic E-state index is 10.1. The second-order valence-electron chi connectivity index (χ2n) is 5.48. The van der Waals surface area contributed by atoms with Crippen molar-refractivity contribution in [3.63, 3.8) is 0 Å². The molecule has 0 spiro atoms. The van der Waals surface area contributed by atoms with Gasteiger partial charge in [0.15, 0.2) is 0 Å². The second kappa shape index (κ2) is 5.22. The minimum Gasteiger partial charge on any atom is -0.507 e. The van der Waals surface area contributed by atoms with E-state index in [1.54, 1.807) is 12.1 Å². The lowest BCUT2D eigenvalue weighted by Gasteiger charge is -2.32. The summed E-state index contributed by atoms with van der Waals surface area (Å²) >= 11 is 0. The minimum absolute atomic E-state index is 0.0486. The van der Waals surface area contributed by atoms with Crippen molar-refractivity contribution in [1.82, 2.24) is 0 Å². The zero-order chi connectivity index (χ0) is 14.0. The Morgan fingerprint density at radius 3 is 1.42 bits per heavy atom. The van der Waals surface area contributed by atoms with Gasteiger partial charge in [0.05, 0.1) is 0 Å². The van der Waals surface area contributed by atoms with Gasteiger partial charge in [0.2, 0.25) is 0 Å². The summed E-state index contributed by atoms with van der Waals surface area (Å²) in [5, 5.41) is 22.0. The fraction of sp³-hybridized carbons (Fsp3) is 0.250. The van der Waals surface area contributed by atoms with Gasteiger partial charge in [0.25, 0.3) is 0 Å². The molecule has 2 nitrogen and oxygen atoms in total. The molecule has 0 unspecified atom stereocenters. The monoisotopic (exact) mass is 274 g/mol. The number of hydrogen-bond acceptors (Lipinski definition) is 2. The number of rotatable bonds is 2. The third kappa shape index (κ3) is 2.90. The van der Waals surface area contributed by atoms with Crippen LogP contribution in [0.25, 0.3) is 0 Å². The van der Waals surface area contributed by atoms with E-state index in [2.05, 4.69) is 20.8 Å². The third-order valence-electron chi connectivity index (χ3n) is 2.92. The van der Waals surface area contributed by atoms with Gasteiger partial charge < -0.3 is 10.2 Å². The van der Waals surface area contributed by atoms with Gasteiger partial charge in [-0.1, -0.05) is 57.2 Å². The first-order valence-electron chi connectivity index (χ1n) is 6.27. The molecule has 0 radical (unpaired) electrons. The Hall–Kier alpha value is -1.53. The highest BCUT2D eigenvalue weighted by Gasteiger charge is 2.31. The predicted octanol–water partition coefficient (Wildman–Crippen LogP) is 3.33. The predicted molar refractivity (Wildman–Crippen MR) is 82.2 cm³/mol. The minimum atomic E-state index is -0.834. The highest BCUT2D eigenvalue weighted by atomic mass is 31.1. The lowest BCUT2D eigenvalue weighted by atomic mass is 10.2. The van der Waals surface area contributed by atoms with Gasteiger partial charge >= 0.3 is 0 Å². The highest BCUT2D eigenvalue weighted by molar-refractivity contribution is 7.74. The summed E-state index contributed by atoms with van der Waals surface area (Å²) in [6.45, 7) is 6.41. The quantitative estimate of drug-likeness (QED) is 0.825. The first-order valence-corrected chi connectivity index (χ1v) is 7.61. The van der Waals surface area contributed by atoms with E-state index in [9.17, 15) is 10.2 Å². The van der Waals surface area contributed by atoms with Crippen LogP contribution in [0.2, 0.25) is 0 Å². The molecule has 2 aromatic rings. The van der Waals surface area contributed by atoms with E-state index >= 15 is 0 Å². The molecule has 19 heavy (non-hydrogen) atoms. The Morgan fingerprint density at radius 2 is 1.11 bits per heavy atom. The molecule has 0 aromatic heterocycles. The van der Waals surface area contributed by atoms with Crippen LogP contribution in [0.4, 0.5) is 0 Å². The van der Waals surface area contributed by atoms with Gasteiger partial charge in [0, 0.05) is 10.6 Å². The Morgan fingerprint density at radius 1 is 0.737 bits per heavy atom. The molecule has 2 N–H and O–H groups in total. The summed E-state index contributed by atoms with van der Waals surface area (Å²) in [6, 6.07) is 14.8. The molecule has 2 rings (SSSR count). The molecule has 3 heteroatoms. The largest absolute Gasteiger partial charge is 0.507 e. The lowest BCUT2D eigenvalue weighted by molar-refractivity contribution is 0.478. The van der Waals surface area contributed by atoms with Crippen molar-refractivity contribution in [2.75, 3.05) is 0 Å². The summed E-state index contributed by atoms with van der Waals surface area (Å²) in [5.74, 6) is 0.596. The zero-order valence-electron chi connectivity index (χ0n) is 11.5. The van der Waals surface area contributed by atoms with Gasteiger partial charge in [-0.3, -0.25) is 0 Å². The van der Waals surface area contributed by atoms with Crippen LogP contribution in [0.3, 0.4) is 0 Å². The molecule has 0 aliphatic rings. The number of hydrogen-bond donors (Lipinski definition) is 2. The third-order valence-corrected chi connectivity index (χ3v) is 5.98. The second-order valence-corrected chi connectivity index (χ2v) is 8.46. The molecule has 0 heterocycles. The van der Waals surface area contributed by atoms with E-state index in [1.807, 2.05) is 36.4 Å². The molecular formula is C16H19O2P. The topological polar surface area (TPSA) is 40.5 Å². The van der Waals surface area contributed by atoms with Crippen LogP contribution in [-0.2, 0) is 0 Å². The van der Waals surface area contributed by atoms with Crippen LogP contribution in [0.1, 0.15) is 20.8 Å². The van der Waals surface area contributed by atoms with Crippen LogP contribution in [-0.4, -0.2) is 15.4 Å². The first-order chi connectivity index (χ1) is 8.91. The Balaban J connectivity index is 2.62. The van der Waals surface area contributed by atoms with Crippen LogP contribution < -0.4 is 10.6 Å². The molecule has 0 atom stereocenters. The van der Waals surface area contributed by atoms with Crippen molar-refractivity contribution in [2.45, 2.75) is 25.9 Å². The summed E-state index contributed by atoms with van der Waals surface area (Å²) in [4.78, 5) is 0. The van der Waals surface area contributed by atoms with E-state index in [0.29, 0.717) is 11.5 Å². The molecule has 2 aromatic carbocycles. The summed E-state index contributed by atoms with van der Waals surface area (Å²) in [6.07, 6.45) is 0. The maximum atomic E-state index is 10.1. The van der Waals surface area contributed by atoms with Crippen LogP contribution in [0.15, 0.2) is 48.5 Å². The smallest absolute Gasteiger partial charge is 0.123 e. The first kappa shape index (κ1) is 13.9. The van der Waals surface area contributed by atoms with E-state index < -0.39 is 7.92 Å². The van der Waals surface area contributed by atoms with Gasteiger partial charge in [-0.05, 0) is 25.2 Å². The number of para-hydroxylation sites is 2. The van der Waals surface area contributed by atoms with Crippen molar-refractivity contribution in [3.8, 4) is 11.5 Å². The van der Waals surface area contributed by atoms with E-state index in [1.165, 1.54) is 0 Å². The summed E-state index contributed by atoms with van der Waals surface area (Å²) in [5.41, 5.74) is 0. The molecular weight excluding hydrogens is 255 g/mol. The van der Waals surface area contributed by atoms with Crippen molar-refractivity contribution in [1.29, 1.82) is 0 Å². The number of benzene rings is 2. The normalized spacial score (nSPS) is 11.8. The summed E-state index contributed by atoms with van der Waals surface area (Å²) in [7, 11) is -0.834. The van der Waals surface area contributed by atoms with Gasteiger partial charge in [-0.15, -0.1) is 0 Å². The molecule has 0 aliphatic heterocycles. The van der Waals surface area contributed by atoms with Crippen molar-refractivity contribution < 1.29 is 10.2 Å². The van der Waals surface area contributed by atoms with Crippen LogP contribution >= 0.6 is 7.92 Å². The van der Waals surface area contributed by atoms with Gasteiger partial charge in [-0.25, -0.2) is 0 Å². The average Bonchev–Trinajstić information content (AvgIpc) is 2.33. The maximum Gasteiger partial charge on any atom is 0.123 e. The fourth-order valence-corrected chi connectivity index (χ4v) is 4.94. The number of aromatic hydroxyl groups is 2. The Labute approximate surface area is 115 Å². The molecule has 0 saturated heterocycles. The number of phenols is 2. The Kier molecular flexibility index (Phi) is 3.82.